The lowest BCUT2D eigenvalue weighted by molar-refractivity contribution is 0.762. The van der Waals surface area contributed by atoms with Crippen LogP contribution in [0.2, 0.25) is 5.02 Å². The van der Waals surface area contributed by atoms with Crippen molar-refractivity contribution in [3.05, 3.63) is 178 Å². The molecule has 2 aliphatic rings. The van der Waals surface area contributed by atoms with Crippen LogP contribution in [0.4, 0.5) is 0 Å². The molecule has 0 heterocycles. The standard InChI is InChI=1S/C39H27Cl/c40-30-21-22-34-33-15-7-9-17-37(33)39(38(34)25-30)35-16-8-4-12-27(35)18-19-29-24-28(20-23-36(29)39)32-14-6-5-13-31(32)26-10-2-1-3-11-26/h1-17,20-25H,18-19H2. The number of hydrogen-bond donors (Lipinski definition) is 0. The van der Waals surface area contributed by atoms with E-state index in [0.29, 0.717) is 0 Å². The Balaban J connectivity index is 1.43. The van der Waals surface area contributed by atoms with Crippen molar-refractivity contribution >= 4 is 11.6 Å². The monoisotopic (exact) mass is 530 g/mol. The van der Waals surface area contributed by atoms with Gasteiger partial charge in [-0.05, 0) is 91.7 Å². The van der Waals surface area contributed by atoms with E-state index in [-0.39, 0.29) is 0 Å². The second kappa shape index (κ2) is 9.08. The molecular formula is C39H27Cl. The van der Waals surface area contributed by atoms with Crippen LogP contribution in [0.3, 0.4) is 0 Å². The lowest BCUT2D eigenvalue weighted by Crippen LogP contribution is -2.30. The van der Waals surface area contributed by atoms with Gasteiger partial charge in [0.1, 0.15) is 0 Å². The van der Waals surface area contributed by atoms with Crippen molar-refractivity contribution in [1.29, 1.82) is 0 Å². The van der Waals surface area contributed by atoms with Gasteiger partial charge in [-0.15, -0.1) is 0 Å². The van der Waals surface area contributed by atoms with E-state index in [1.807, 2.05) is 6.07 Å². The highest BCUT2D eigenvalue weighted by molar-refractivity contribution is 6.30. The van der Waals surface area contributed by atoms with Crippen LogP contribution in [0.15, 0.2) is 140 Å². The van der Waals surface area contributed by atoms with Crippen LogP contribution in [0.5, 0.6) is 0 Å². The van der Waals surface area contributed by atoms with Gasteiger partial charge in [0.25, 0.3) is 0 Å². The van der Waals surface area contributed by atoms with Crippen LogP contribution in [0, 0.1) is 0 Å². The van der Waals surface area contributed by atoms with Crippen molar-refractivity contribution in [2.45, 2.75) is 18.3 Å². The predicted octanol–water partition coefficient (Wildman–Crippen LogP) is 10.1. The summed E-state index contributed by atoms with van der Waals surface area (Å²) in [6, 6.07) is 51.1. The normalized spacial score (nSPS) is 16.5. The van der Waals surface area contributed by atoms with Crippen LogP contribution in [-0.2, 0) is 18.3 Å². The molecule has 6 aromatic carbocycles. The maximum Gasteiger partial charge on any atom is 0.0719 e. The van der Waals surface area contributed by atoms with E-state index in [9.17, 15) is 0 Å². The van der Waals surface area contributed by atoms with Crippen molar-refractivity contribution in [3.8, 4) is 33.4 Å². The van der Waals surface area contributed by atoms with Gasteiger partial charge in [-0.3, -0.25) is 0 Å². The highest BCUT2D eigenvalue weighted by Gasteiger charge is 2.48. The van der Waals surface area contributed by atoms with Gasteiger partial charge in [0.15, 0.2) is 0 Å². The first kappa shape index (κ1) is 23.5. The van der Waals surface area contributed by atoms with Crippen molar-refractivity contribution in [1.82, 2.24) is 0 Å². The van der Waals surface area contributed by atoms with Crippen LogP contribution in [0.25, 0.3) is 33.4 Å². The molecule has 0 aromatic heterocycles. The summed E-state index contributed by atoms with van der Waals surface area (Å²) in [5, 5.41) is 0.780. The molecule has 0 saturated heterocycles. The molecule has 8 rings (SSSR count). The second-order valence-electron chi connectivity index (χ2n) is 10.9. The minimum Gasteiger partial charge on any atom is -0.0843 e. The van der Waals surface area contributed by atoms with Gasteiger partial charge in [-0.25, -0.2) is 0 Å². The Bertz CT molecular complexity index is 1920. The fourth-order valence-electron chi connectivity index (χ4n) is 7.29. The van der Waals surface area contributed by atoms with Crippen molar-refractivity contribution in [3.63, 3.8) is 0 Å². The number of halogens is 1. The Hall–Kier alpha value is -4.39. The Labute approximate surface area is 240 Å². The molecule has 2 aliphatic carbocycles. The van der Waals surface area contributed by atoms with Gasteiger partial charge < -0.3 is 0 Å². The molecule has 0 N–H and O–H groups in total. The van der Waals surface area contributed by atoms with E-state index in [1.165, 1.54) is 66.8 Å². The topological polar surface area (TPSA) is 0 Å². The fourth-order valence-corrected chi connectivity index (χ4v) is 7.46. The van der Waals surface area contributed by atoms with E-state index in [2.05, 4.69) is 133 Å². The third-order valence-electron chi connectivity index (χ3n) is 8.92. The van der Waals surface area contributed by atoms with Crippen LogP contribution < -0.4 is 0 Å². The first-order valence-corrected chi connectivity index (χ1v) is 14.4. The largest absolute Gasteiger partial charge is 0.0843 e. The Kier molecular flexibility index (Phi) is 5.33. The summed E-state index contributed by atoms with van der Waals surface area (Å²) in [7, 11) is 0. The predicted molar refractivity (Wildman–Crippen MR) is 167 cm³/mol. The summed E-state index contributed by atoms with van der Waals surface area (Å²) in [5.74, 6) is 0. The second-order valence-corrected chi connectivity index (χ2v) is 11.4. The van der Waals surface area contributed by atoms with Gasteiger partial charge in [-0.1, -0.05) is 139 Å². The van der Waals surface area contributed by atoms with Gasteiger partial charge in [-0.2, -0.15) is 0 Å². The molecular weight excluding hydrogens is 504 g/mol. The molecule has 0 fully saturated rings. The Morgan fingerprint density at radius 3 is 1.82 bits per heavy atom. The molecule has 40 heavy (non-hydrogen) atoms. The van der Waals surface area contributed by atoms with Crippen LogP contribution >= 0.6 is 11.6 Å². The molecule has 0 bridgehead atoms. The van der Waals surface area contributed by atoms with Crippen LogP contribution in [-0.4, -0.2) is 0 Å². The van der Waals surface area contributed by atoms with Crippen molar-refractivity contribution < 1.29 is 0 Å². The summed E-state index contributed by atoms with van der Waals surface area (Å²) in [5.41, 5.74) is 15.4. The third-order valence-corrected chi connectivity index (χ3v) is 9.16. The molecule has 6 aromatic rings. The number of benzene rings is 6. The molecule has 1 heteroatoms. The summed E-state index contributed by atoms with van der Waals surface area (Å²) < 4.78 is 0. The van der Waals surface area contributed by atoms with Gasteiger partial charge in [0.2, 0.25) is 0 Å². The minimum atomic E-state index is -0.406. The summed E-state index contributed by atoms with van der Waals surface area (Å²) in [6.07, 6.45) is 2.00. The highest BCUT2D eigenvalue weighted by Crippen LogP contribution is 2.59. The average molecular weight is 531 g/mol. The molecule has 190 valence electrons. The zero-order chi connectivity index (χ0) is 26.7. The summed E-state index contributed by atoms with van der Waals surface area (Å²) in [4.78, 5) is 0. The molecule has 0 saturated carbocycles. The average Bonchev–Trinajstić information content (AvgIpc) is 3.21. The fraction of sp³-hybridized carbons (Fsp3) is 0.0769. The molecule has 1 atom stereocenters. The number of hydrogen-bond acceptors (Lipinski definition) is 0. The third kappa shape index (κ3) is 3.33. The zero-order valence-electron chi connectivity index (χ0n) is 22.1. The van der Waals surface area contributed by atoms with Crippen molar-refractivity contribution in [2.75, 3.05) is 0 Å². The van der Waals surface area contributed by atoms with E-state index in [1.54, 1.807) is 0 Å². The van der Waals surface area contributed by atoms with Crippen LogP contribution in [0.1, 0.15) is 33.4 Å². The molecule has 1 spiro atoms. The number of aryl methyl sites for hydroxylation is 2. The lowest BCUT2D eigenvalue weighted by Gasteiger charge is -2.35. The Morgan fingerprint density at radius 2 is 1.00 bits per heavy atom. The van der Waals surface area contributed by atoms with Gasteiger partial charge >= 0.3 is 0 Å². The van der Waals surface area contributed by atoms with Gasteiger partial charge in [0, 0.05) is 5.02 Å². The van der Waals surface area contributed by atoms with E-state index in [0.717, 1.165) is 17.9 Å². The summed E-state index contributed by atoms with van der Waals surface area (Å²) >= 11 is 6.74. The highest BCUT2D eigenvalue weighted by atomic mass is 35.5. The van der Waals surface area contributed by atoms with E-state index >= 15 is 0 Å². The number of rotatable bonds is 2. The summed E-state index contributed by atoms with van der Waals surface area (Å²) in [6.45, 7) is 0. The lowest BCUT2D eigenvalue weighted by atomic mass is 9.66. The maximum absolute atomic E-state index is 6.74. The SMILES string of the molecule is Clc1ccc2c(c1)C1(c3ccccc3CCc3cc(-c4ccccc4-c4ccccc4)ccc31)c1ccccc1-2. The van der Waals surface area contributed by atoms with E-state index in [4.69, 9.17) is 11.6 Å². The molecule has 0 aliphatic heterocycles. The quantitative estimate of drug-likeness (QED) is 0.208. The van der Waals surface area contributed by atoms with E-state index < -0.39 is 5.41 Å². The smallest absolute Gasteiger partial charge is 0.0719 e. The maximum atomic E-state index is 6.74. The van der Waals surface area contributed by atoms with Crippen molar-refractivity contribution in [2.24, 2.45) is 0 Å². The molecule has 0 nitrogen and oxygen atoms in total. The first-order valence-electron chi connectivity index (χ1n) is 14.0. The minimum absolute atomic E-state index is 0.406. The molecule has 0 radical (unpaired) electrons. The van der Waals surface area contributed by atoms with Gasteiger partial charge in [0.05, 0.1) is 5.41 Å². The first-order chi connectivity index (χ1) is 19.7. The number of fused-ring (bicyclic) bond motifs is 9. The molecule has 0 amide bonds. The molecule has 1 unspecified atom stereocenters. The Morgan fingerprint density at radius 1 is 0.400 bits per heavy atom. The zero-order valence-corrected chi connectivity index (χ0v) is 22.8.